The molecule has 1 fully saturated rings. The Balaban J connectivity index is 1.39. The number of nitrogens with one attached hydrogen (secondary N) is 2. The first-order valence-electron chi connectivity index (χ1n) is 11.5. The molecule has 1 unspecified atom stereocenters. The molecule has 3 aromatic rings. The molecule has 38 heavy (non-hydrogen) atoms. The summed E-state index contributed by atoms with van der Waals surface area (Å²) in [7, 11) is -7.61. The lowest BCUT2D eigenvalue weighted by atomic mass is 9.99. The summed E-state index contributed by atoms with van der Waals surface area (Å²) in [5.41, 5.74) is 1.08. The normalized spacial score (nSPS) is 16.7. The molecule has 2 N–H and O–H groups in total. The van der Waals surface area contributed by atoms with Crippen molar-refractivity contribution in [1.29, 1.82) is 0 Å². The van der Waals surface area contributed by atoms with Gasteiger partial charge in [0.2, 0.25) is 15.9 Å². The van der Waals surface area contributed by atoms with E-state index in [0.29, 0.717) is 41.3 Å². The van der Waals surface area contributed by atoms with Gasteiger partial charge in [0.15, 0.2) is 0 Å². The van der Waals surface area contributed by atoms with Crippen molar-refractivity contribution in [3.8, 4) is 0 Å². The second-order valence-corrected chi connectivity index (χ2v) is 13.7. The summed E-state index contributed by atoms with van der Waals surface area (Å²) in [4.78, 5) is 13.0. The summed E-state index contributed by atoms with van der Waals surface area (Å²) >= 11 is 18.1. The number of hydrogen-bond acceptors (Lipinski definition) is 5. The number of benzene rings is 3. The highest BCUT2D eigenvalue weighted by molar-refractivity contribution is 7.92. The number of carbonyl (C=O) groups is 1. The molecule has 3 aromatic carbocycles. The molecule has 202 valence electrons. The number of carbonyl (C=O) groups excluding carboxylic acids is 1. The van der Waals surface area contributed by atoms with E-state index in [4.69, 9.17) is 34.8 Å². The predicted molar refractivity (Wildman–Crippen MR) is 151 cm³/mol. The van der Waals surface area contributed by atoms with Crippen LogP contribution < -0.4 is 10.0 Å². The zero-order valence-electron chi connectivity index (χ0n) is 19.9. The number of amides is 1. The van der Waals surface area contributed by atoms with Crippen LogP contribution in [0.25, 0.3) is 0 Å². The van der Waals surface area contributed by atoms with Crippen molar-refractivity contribution in [3.63, 3.8) is 0 Å². The summed E-state index contributed by atoms with van der Waals surface area (Å²) in [5.74, 6) is -1.29. The Kier molecular flexibility index (Phi) is 8.91. The standard InChI is InChI=1S/C25H24Cl3N3O5S2/c26-18-6-8-20(9-7-18)30-38(35,36)21-12-10-19(11-13-21)29-25(32)17-3-2-14-31(15-17)37(33,34)16-22-23(27)4-1-5-24(22)28/h1,4-13,17,30H,2-3,14-16H2,(H,29,32). The van der Waals surface area contributed by atoms with Crippen LogP contribution in [0.4, 0.5) is 11.4 Å². The molecule has 4 rings (SSSR count). The van der Waals surface area contributed by atoms with Crippen molar-refractivity contribution in [2.75, 3.05) is 23.1 Å². The van der Waals surface area contributed by atoms with Gasteiger partial charge in [-0.05, 0) is 73.5 Å². The molecule has 1 atom stereocenters. The van der Waals surface area contributed by atoms with Crippen molar-refractivity contribution >= 4 is 72.1 Å². The van der Waals surface area contributed by atoms with Gasteiger partial charge < -0.3 is 5.32 Å². The van der Waals surface area contributed by atoms with E-state index in [0.717, 1.165) is 0 Å². The smallest absolute Gasteiger partial charge is 0.261 e. The highest BCUT2D eigenvalue weighted by Crippen LogP contribution is 2.29. The minimum atomic E-state index is -3.85. The van der Waals surface area contributed by atoms with Crippen LogP contribution in [0, 0.1) is 5.92 Å². The first kappa shape index (κ1) is 28.7. The summed E-state index contributed by atoms with van der Waals surface area (Å²) in [6.45, 7) is 0.315. The van der Waals surface area contributed by atoms with Crippen molar-refractivity contribution in [2.45, 2.75) is 23.5 Å². The third-order valence-corrected chi connectivity index (χ3v) is 10.2. The number of rotatable bonds is 8. The van der Waals surface area contributed by atoms with E-state index in [1.165, 1.54) is 28.6 Å². The van der Waals surface area contributed by atoms with Gasteiger partial charge in [0.05, 0.1) is 16.6 Å². The molecule has 1 aliphatic heterocycles. The highest BCUT2D eigenvalue weighted by Gasteiger charge is 2.33. The molecule has 8 nitrogen and oxygen atoms in total. The minimum absolute atomic E-state index is 0.0126. The SMILES string of the molecule is O=C(Nc1ccc(S(=O)(=O)Nc2ccc(Cl)cc2)cc1)C1CCCN(S(=O)(=O)Cc2c(Cl)cccc2Cl)C1. The molecule has 0 aromatic heterocycles. The van der Waals surface area contributed by atoms with Crippen LogP contribution in [-0.4, -0.2) is 40.1 Å². The number of anilines is 2. The Labute approximate surface area is 237 Å². The fourth-order valence-electron chi connectivity index (χ4n) is 4.05. The Morgan fingerprint density at radius 1 is 0.868 bits per heavy atom. The van der Waals surface area contributed by atoms with Gasteiger partial charge in [-0.3, -0.25) is 9.52 Å². The van der Waals surface area contributed by atoms with E-state index in [1.54, 1.807) is 42.5 Å². The lowest BCUT2D eigenvalue weighted by Gasteiger charge is -2.31. The Morgan fingerprint density at radius 2 is 1.47 bits per heavy atom. The number of hydrogen-bond donors (Lipinski definition) is 2. The third-order valence-electron chi connectivity index (χ3n) is 6.07. The second kappa shape index (κ2) is 11.8. The lowest BCUT2D eigenvalue weighted by molar-refractivity contribution is -0.120. The van der Waals surface area contributed by atoms with E-state index in [1.807, 2.05) is 0 Å². The third kappa shape index (κ3) is 6.99. The first-order valence-corrected chi connectivity index (χ1v) is 15.8. The van der Waals surface area contributed by atoms with Crippen molar-refractivity contribution in [3.05, 3.63) is 87.4 Å². The predicted octanol–water partition coefficient (Wildman–Crippen LogP) is 5.63. The fourth-order valence-corrected chi connectivity index (χ4v) is 7.59. The summed E-state index contributed by atoms with van der Waals surface area (Å²) in [6, 6.07) is 16.7. The fraction of sp³-hybridized carbons (Fsp3) is 0.240. The maximum atomic E-state index is 13.1. The Hall–Kier alpha value is -2.34. The first-order chi connectivity index (χ1) is 17.9. The average Bonchev–Trinajstić information content (AvgIpc) is 2.88. The van der Waals surface area contributed by atoms with Gasteiger partial charge >= 0.3 is 0 Å². The topological polar surface area (TPSA) is 113 Å². The molecule has 1 heterocycles. The molecule has 0 radical (unpaired) electrons. The molecular formula is C25H24Cl3N3O5S2. The largest absolute Gasteiger partial charge is 0.326 e. The zero-order valence-corrected chi connectivity index (χ0v) is 23.8. The number of nitrogens with zero attached hydrogens (tertiary/aromatic N) is 1. The lowest BCUT2D eigenvalue weighted by Crippen LogP contribution is -2.44. The molecule has 1 aliphatic rings. The second-order valence-electron chi connectivity index (χ2n) is 8.78. The number of halogens is 3. The quantitative estimate of drug-likeness (QED) is 0.341. The van der Waals surface area contributed by atoms with E-state index in [2.05, 4.69) is 10.0 Å². The summed E-state index contributed by atoms with van der Waals surface area (Å²) in [6.07, 6.45) is 1.03. The van der Waals surface area contributed by atoms with Crippen LogP contribution in [0.1, 0.15) is 18.4 Å². The van der Waals surface area contributed by atoms with Gasteiger partial charge in [0.1, 0.15) is 0 Å². The number of sulfonamides is 2. The minimum Gasteiger partial charge on any atom is -0.326 e. The van der Waals surface area contributed by atoms with Crippen molar-refractivity contribution < 1.29 is 21.6 Å². The molecule has 0 bridgehead atoms. The van der Waals surface area contributed by atoms with E-state index < -0.39 is 26.0 Å². The Morgan fingerprint density at radius 3 is 2.11 bits per heavy atom. The van der Waals surface area contributed by atoms with Crippen LogP contribution >= 0.6 is 34.8 Å². The van der Waals surface area contributed by atoms with E-state index in [-0.39, 0.29) is 33.1 Å². The monoisotopic (exact) mass is 615 g/mol. The maximum absolute atomic E-state index is 13.1. The van der Waals surface area contributed by atoms with Crippen molar-refractivity contribution in [1.82, 2.24) is 4.31 Å². The maximum Gasteiger partial charge on any atom is 0.261 e. The zero-order chi connectivity index (χ0) is 27.5. The van der Waals surface area contributed by atoms with Gasteiger partial charge in [0.25, 0.3) is 10.0 Å². The molecule has 1 saturated heterocycles. The van der Waals surface area contributed by atoms with Gasteiger partial charge in [-0.2, -0.15) is 0 Å². The molecule has 1 amide bonds. The van der Waals surface area contributed by atoms with Gasteiger partial charge in [-0.15, -0.1) is 0 Å². The summed E-state index contributed by atoms with van der Waals surface area (Å²) < 4.78 is 55.2. The van der Waals surface area contributed by atoms with Crippen LogP contribution in [0.2, 0.25) is 15.1 Å². The van der Waals surface area contributed by atoms with Gasteiger partial charge in [0, 0.05) is 45.1 Å². The molecule has 13 heteroatoms. The number of piperidine rings is 1. The Bertz CT molecular complexity index is 1510. The van der Waals surface area contributed by atoms with Crippen LogP contribution in [0.5, 0.6) is 0 Å². The van der Waals surface area contributed by atoms with E-state index >= 15 is 0 Å². The van der Waals surface area contributed by atoms with E-state index in [9.17, 15) is 21.6 Å². The summed E-state index contributed by atoms with van der Waals surface area (Å²) in [5, 5.41) is 3.77. The molecule has 0 aliphatic carbocycles. The van der Waals surface area contributed by atoms with Crippen LogP contribution in [-0.2, 0) is 30.6 Å². The van der Waals surface area contributed by atoms with Crippen LogP contribution in [0.3, 0.4) is 0 Å². The van der Waals surface area contributed by atoms with Gasteiger partial charge in [-0.1, -0.05) is 40.9 Å². The molecule has 0 saturated carbocycles. The van der Waals surface area contributed by atoms with Gasteiger partial charge in [-0.25, -0.2) is 21.1 Å². The molecular weight excluding hydrogens is 593 g/mol. The average molecular weight is 617 g/mol. The van der Waals surface area contributed by atoms with Crippen molar-refractivity contribution in [2.24, 2.45) is 5.92 Å². The van der Waals surface area contributed by atoms with Crippen LogP contribution in [0.15, 0.2) is 71.6 Å². The molecule has 0 spiro atoms. The highest BCUT2D eigenvalue weighted by atomic mass is 35.5.